The van der Waals surface area contributed by atoms with Gasteiger partial charge in [0.1, 0.15) is 21.8 Å². The lowest BCUT2D eigenvalue weighted by Gasteiger charge is -2.10. The van der Waals surface area contributed by atoms with E-state index in [9.17, 15) is 9.59 Å². The Labute approximate surface area is 172 Å². The number of Topliss-reactive ketones (excluding diaryl/α,β-unsaturated/α-hetero) is 2. The lowest BCUT2D eigenvalue weighted by atomic mass is 9.97. The van der Waals surface area contributed by atoms with Crippen molar-refractivity contribution in [3.05, 3.63) is 51.0 Å². The number of fused-ring (bicyclic) bond motifs is 1. The zero-order chi connectivity index (χ0) is 20.6. The van der Waals surface area contributed by atoms with Crippen molar-refractivity contribution >= 4 is 45.8 Å². The maximum atomic E-state index is 12.7. The summed E-state index contributed by atoms with van der Waals surface area (Å²) in [5, 5.41) is 5.79. The van der Waals surface area contributed by atoms with Crippen LogP contribution in [0.5, 0.6) is 0 Å². The Morgan fingerprint density at radius 3 is 2.36 bits per heavy atom. The quantitative estimate of drug-likeness (QED) is 0.334. The molecule has 0 aromatic carbocycles. The minimum absolute atomic E-state index is 0.0534. The summed E-state index contributed by atoms with van der Waals surface area (Å²) in [6, 6.07) is 4.91. The van der Waals surface area contributed by atoms with E-state index in [0.717, 1.165) is 16.6 Å². The van der Waals surface area contributed by atoms with E-state index in [0.29, 0.717) is 11.2 Å². The van der Waals surface area contributed by atoms with E-state index in [4.69, 9.17) is 23.2 Å². The summed E-state index contributed by atoms with van der Waals surface area (Å²) >= 11 is 11.7. The van der Waals surface area contributed by atoms with Gasteiger partial charge >= 0.3 is 0 Å². The van der Waals surface area contributed by atoms with Crippen molar-refractivity contribution in [2.75, 3.05) is 0 Å². The highest BCUT2D eigenvalue weighted by atomic mass is 35.5. The highest BCUT2D eigenvalue weighted by Gasteiger charge is 2.20. The number of halogens is 2. The van der Waals surface area contributed by atoms with Gasteiger partial charge in [-0.2, -0.15) is 5.10 Å². The van der Waals surface area contributed by atoms with Gasteiger partial charge in [-0.25, -0.2) is 9.97 Å². The average molecular weight is 419 g/mol. The fourth-order valence-electron chi connectivity index (χ4n) is 3.25. The van der Waals surface area contributed by atoms with Crippen molar-refractivity contribution in [3.8, 4) is 0 Å². The second kappa shape index (κ2) is 7.97. The van der Waals surface area contributed by atoms with Crippen molar-refractivity contribution in [2.45, 2.75) is 39.5 Å². The van der Waals surface area contributed by atoms with E-state index < -0.39 is 0 Å². The maximum Gasteiger partial charge on any atom is 0.188 e. The number of carbonyl (C=O) groups excluding carboxylic acids is 2. The van der Waals surface area contributed by atoms with Crippen LogP contribution in [0.2, 0.25) is 10.3 Å². The topological polar surface area (TPSA) is 77.7 Å². The van der Waals surface area contributed by atoms with Crippen molar-refractivity contribution in [2.24, 2.45) is 7.05 Å². The number of hydrogen-bond acceptors (Lipinski definition) is 5. The van der Waals surface area contributed by atoms with E-state index in [1.54, 1.807) is 29.9 Å². The fraction of sp³-hybridized carbons (Fsp3) is 0.350. The highest BCUT2D eigenvalue weighted by molar-refractivity contribution is 6.32. The van der Waals surface area contributed by atoms with Gasteiger partial charge in [0.2, 0.25) is 0 Å². The SMILES string of the molecule is Cc1nn(C)c2nc(C(=O)CC(=O)Cc3cc(Cl)nc(Cl)c3)cc(C(C)C)c12. The van der Waals surface area contributed by atoms with Gasteiger partial charge < -0.3 is 0 Å². The van der Waals surface area contributed by atoms with Gasteiger partial charge in [0.15, 0.2) is 11.4 Å². The van der Waals surface area contributed by atoms with Crippen LogP contribution in [-0.2, 0) is 18.3 Å². The molecule has 3 aromatic heterocycles. The van der Waals surface area contributed by atoms with Crippen LogP contribution >= 0.6 is 23.2 Å². The lowest BCUT2D eigenvalue weighted by Crippen LogP contribution is -2.13. The summed E-state index contributed by atoms with van der Waals surface area (Å²) in [5.41, 5.74) is 3.41. The molecule has 0 fully saturated rings. The molecule has 3 aromatic rings. The van der Waals surface area contributed by atoms with E-state index >= 15 is 0 Å². The van der Waals surface area contributed by atoms with E-state index in [1.807, 2.05) is 6.92 Å². The normalized spacial score (nSPS) is 11.4. The van der Waals surface area contributed by atoms with E-state index in [1.165, 1.54) is 0 Å². The van der Waals surface area contributed by atoms with Crippen LogP contribution in [-0.4, -0.2) is 31.3 Å². The highest BCUT2D eigenvalue weighted by Crippen LogP contribution is 2.28. The van der Waals surface area contributed by atoms with E-state index in [-0.39, 0.29) is 46.3 Å². The molecule has 0 saturated heterocycles. The molecule has 146 valence electrons. The molecule has 28 heavy (non-hydrogen) atoms. The fourth-order valence-corrected chi connectivity index (χ4v) is 3.76. The predicted molar refractivity (Wildman–Crippen MR) is 109 cm³/mol. The first-order valence-corrected chi connectivity index (χ1v) is 9.62. The lowest BCUT2D eigenvalue weighted by molar-refractivity contribution is -0.117. The molecule has 0 aliphatic rings. The number of nitrogens with zero attached hydrogens (tertiary/aromatic N) is 4. The minimum atomic E-state index is -0.320. The molecule has 6 nitrogen and oxygen atoms in total. The summed E-state index contributed by atoms with van der Waals surface area (Å²) < 4.78 is 1.66. The van der Waals surface area contributed by atoms with Gasteiger partial charge in [-0.05, 0) is 42.2 Å². The van der Waals surface area contributed by atoms with Gasteiger partial charge in [-0.15, -0.1) is 0 Å². The summed E-state index contributed by atoms with van der Waals surface area (Å²) in [5.74, 6) is -0.367. The molecule has 0 atom stereocenters. The van der Waals surface area contributed by atoms with Crippen LogP contribution in [0, 0.1) is 6.92 Å². The zero-order valence-corrected chi connectivity index (χ0v) is 17.6. The van der Waals surface area contributed by atoms with Crippen molar-refractivity contribution in [1.29, 1.82) is 0 Å². The van der Waals surface area contributed by atoms with Crippen molar-refractivity contribution in [1.82, 2.24) is 19.7 Å². The Hall–Kier alpha value is -2.31. The molecule has 0 saturated carbocycles. The van der Waals surface area contributed by atoms with Crippen molar-refractivity contribution < 1.29 is 9.59 Å². The summed E-state index contributed by atoms with van der Waals surface area (Å²) in [7, 11) is 1.79. The molecule has 0 aliphatic carbocycles. The number of aromatic nitrogens is 4. The number of ketones is 2. The van der Waals surface area contributed by atoms with Gasteiger partial charge in [0, 0.05) is 18.9 Å². The Balaban J connectivity index is 1.87. The maximum absolute atomic E-state index is 12.7. The average Bonchev–Trinajstić information content (AvgIpc) is 2.87. The monoisotopic (exact) mass is 418 g/mol. The Kier molecular flexibility index (Phi) is 5.82. The van der Waals surface area contributed by atoms with Crippen LogP contribution in [0.15, 0.2) is 18.2 Å². The number of hydrogen-bond donors (Lipinski definition) is 0. The molecule has 3 heterocycles. The minimum Gasteiger partial charge on any atom is -0.299 e. The molecule has 0 N–H and O–H groups in total. The predicted octanol–water partition coefficient (Wildman–Crippen LogP) is 4.49. The Morgan fingerprint density at radius 2 is 1.75 bits per heavy atom. The summed E-state index contributed by atoms with van der Waals surface area (Å²) in [6.07, 6.45) is -0.192. The first-order valence-electron chi connectivity index (χ1n) is 8.86. The molecule has 0 unspecified atom stereocenters. The van der Waals surface area contributed by atoms with Gasteiger partial charge in [0.25, 0.3) is 0 Å². The molecule has 8 heteroatoms. The molecular formula is C20H20Cl2N4O2. The second-order valence-corrected chi connectivity index (χ2v) is 7.87. The number of pyridine rings is 2. The standard InChI is InChI=1S/C20H20Cl2N4O2/c1-10(2)14-9-15(23-20-19(14)11(3)25-26(20)4)16(28)8-13(27)5-12-6-17(21)24-18(22)7-12/h6-7,9-10H,5,8H2,1-4H3. The smallest absolute Gasteiger partial charge is 0.188 e. The second-order valence-electron chi connectivity index (χ2n) is 7.10. The number of aryl methyl sites for hydroxylation is 2. The molecule has 0 spiro atoms. The summed E-state index contributed by atoms with van der Waals surface area (Å²) in [6.45, 7) is 6.03. The zero-order valence-electron chi connectivity index (χ0n) is 16.1. The third-order valence-electron chi connectivity index (χ3n) is 4.49. The largest absolute Gasteiger partial charge is 0.299 e. The molecule has 0 aliphatic heterocycles. The molecule has 0 amide bonds. The Morgan fingerprint density at radius 1 is 1.11 bits per heavy atom. The number of carbonyl (C=O) groups is 2. The van der Waals surface area contributed by atoms with Crippen molar-refractivity contribution in [3.63, 3.8) is 0 Å². The molecule has 3 rings (SSSR count). The first-order chi connectivity index (χ1) is 13.2. The first kappa shape index (κ1) is 20.4. The third kappa shape index (κ3) is 4.23. The summed E-state index contributed by atoms with van der Waals surface area (Å²) in [4.78, 5) is 33.5. The molecule has 0 radical (unpaired) electrons. The Bertz CT molecular complexity index is 1070. The third-order valence-corrected chi connectivity index (χ3v) is 4.88. The van der Waals surface area contributed by atoms with Gasteiger partial charge in [0.05, 0.1) is 12.1 Å². The van der Waals surface area contributed by atoms with E-state index in [2.05, 4.69) is 28.9 Å². The van der Waals surface area contributed by atoms with Crippen LogP contribution in [0.4, 0.5) is 0 Å². The molecule has 0 bridgehead atoms. The van der Waals surface area contributed by atoms with Crippen LogP contribution in [0.25, 0.3) is 11.0 Å². The van der Waals surface area contributed by atoms with Gasteiger partial charge in [-0.1, -0.05) is 37.0 Å². The van der Waals surface area contributed by atoms with Crippen LogP contribution < -0.4 is 0 Å². The van der Waals surface area contributed by atoms with Crippen LogP contribution in [0.3, 0.4) is 0 Å². The van der Waals surface area contributed by atoms with Gasteiger partial charge in [-0.3, -0.25) is 14.3 Å². The molecular weight excluding hydrogens is 399 g/mol. The number of rotatable bonds is 6. The van der Waals surface area contributed by atoms with Crippen LogP contribution in [0.1, 0.15) is 53.5 Å².